The fraction of sp³-hybridized carbons (Fsp3) is 0.370. The lowest BCUT2D eigenvalue weighted by atomic mass is 10.0. The maximum Gasteiger partial charge on any atom is 0.253 e. The van der Waals surface area contributed by atoms with Crippen molar-refractivity contribution in [3.63, 3.8) is 0 Å². The lowest BCUT2D eigenvalue weighted by Gasteiger charge is -2.27. The number of benzene rings is 2. The number of aromatic nitrogens is 4. The minimum atomic E-state index is -0.471. The first-order valence-corrected chi connectivity index (χ1v) is 12.3. The van der Waals surface area contributed by atoms with E-state index in [2.05, 4.69) is 64.9 Å². The second kappa shape index (κ2) is 9.09. The van der Waals surface area contributed by atoms with Crippen LogP contribution in [0, 0.1) is 13.8 Å². The van der Waals surface area contributed by atoms with E-state index in [4.69, 9.17) is 0 Å². The van der Waals surface area contributed by atoms with E-state index in [0.29, 0.717) is 0 Å². The molecular formula is C27H33N7O. The number of aromatic amines is 1. The number of nitrogens with one attached hydrogen (secondary N) is 3. The van der Waals surface area contributed by atoms with Crippen LogP contribution in [0.5, 0.6) is 0 Å². The Kier molecular flexibility index (Phi) is 5.96. The van der Waals surface area contributed by atoms with Gasteiger partial charge in [0.1, 0.15) is 0 Å². The number of fused-ring (bicyclic) bond motifs is 1. The lowest BCUT2D eigenvalue weighted by Crippen LogP contribution is -2.35. The third kappa shape index (κ3) is 4.73. The molecule has 1 fully saturated rings. The monoisotopic (exact) mass is 471 g/mol. The third-order valence-corrected chi connectivity index (χ3v) is 6.61. The smallest absolute Gasteiger partial charge is 0.253 e. The quantitative estimate of drug-likeness (QED) is 0.351. The number of piperidine rings is 1. The van der Waals surface area contributed by atoms with Crippen molar-refractivity contribution < 1.29 is 4.79 Å². The van der Waals surface area contributed by atoms with Gasteiger partial charge >= 0.3 is 0 Å². The predicted octanol–water partition coefficient (Wildman–Crippen LogP) is 5.39. The van der Waals surface area contributed by atoms with Gasteiger partial charge in [-0.3, -0.25) is 9.89 Å². The summed E-state index contributed by atoms with van der Waals surface area (Å²) in [6.45, 7) is 9.97. The first kappa shape index (κ1) is 23.0. The number of likely N-dealkylation sites (tertiary alicyclic amines) is 1. The SMILES string of the molecule is Cc1cc2nnc(C(C)(C)Nc3cc(Nc4cccc(C(=O)N5CCCCC5)c4)ccc3C)n2[nH]1. The Hall–Kier alpha value is -3.81. The van der Waals surface area contributed by atoms with Gasteiger partial charge in [0.2, 0.25) is 0 Å². The Bertz CT molecular complexity index is 1360. The highest BCUT2D eigenvalue weighted by Gasteiger charge is 2.28. The molecule has 0 spiro atoms. The molecule has 3 heterocycles. The molecule has 0 bridgehead atoms. The largest absolute Gasteiger partial charge is 0.373 e. The highest BCUT2D eigenvalue weighted by Crippen LogP contribution is 2.30. The van der Waals surface area contributed by atoms with Crippen LogP contribution in [0.2, 0.25) is 0 Å². The summed E-state index contributed by atoms with van der Waals surface area (Å²) in [6, 6.07) is 16.0. The molecule has 0 radical (unpaired) electrons. The number of hydrogen-bond acceptors (Lipinski definition) is 5. The van der Waals surface area contributed by atoms with Crippen LogP contribution in [0.25, 0.3) is 5.65 Å². The lowest BCUT2D eigenvalue weighted by molar-refractivity contribution is 0.0724. The Balaban J connectivity index is 1.35. The molecule has 35 heavy (non-hydrogen) atoms. The number of H-pyrrole nitrogens is 1. The average Bonchev–Trinajstić information content (AvgIpc) is 3.40. The standard InChI is InChI=1S/C27H33N7O/c1-18-11-12-22(28-21-10-8-9-20(16-21)25(35)33-13-6-5-7-14-33)17-23(18)29-27(3,4)26-31-30-24-15-19(2)32-34(24)26/h8-12,15-17,28-29,32H,5-7,13-14H2,1-4H3. The van der Waals surface area contributed by atoms with Gasteiger partial charge in [-0.2, -0.15) is 0 Å². The van der Waals surface area contributed by atoms with E-state index in [1.54, 1.807) is 0 Å². The van der Waals surface area contributed by atoms with Gasteiger partial charge in [0.15, 0.2) is 11.5 Å². The van der Waals surface area contributed by atoms with E-state index in [-0.39, 0.29) is 5.91 Å². The molecule has 1 saturated heterocycles. The fourth-order valence-electron chi connectivity index (χ4n) is 4.71. The van der Waals surface area contributed by atoms with Crippen molar-refractivity contribution in [2.45, 2.75) is 52.5 Å². The van der Waals surface area contributed by atoms with E-state index in [0.717, 1.165) is 71.3 Å². The summed E-state index contributed by atoms with van der Waals surface area (Å²) >= 11 is 0. The van der Waals surface area contributed by atoms with E-state index in [1.807, 2.05) is 46.7 Å². The van der Waals surface area contributed by atoms with Crippen molar-refractivity contribution in [3.05, 3.63) is 71.2 Å². The minimum Gasteiger partial charge on any atom is -0.373 e. The zero-order valence-corrected chi connectivity index (χ0v) is 20.9. The summed E-state index contributed by atoms with van der Waals surface area (Å²) in [7, 11) is 0. The molecule has 3 N–H and O–H groups in total. The average molecular weight is 472 g/mol. The summed E-state index contributed by atoms with van der Waals surface area (Å²) in [5, 5.41) is 19.1. The molecule has 0 saturated carbocycles. The highest BCUT2D eigenvalue weighted by molar-refractivity contribution is 5.95. The molecule has 2 aromatic carbocycles. The molecule has 182 valence electrons. The maximum absolute atomic E-state index is 12.9. The molecule has 4 aromatic rings. The third-order valence-electron chi connectivity index (χ3n) is 6.61. The zero-order valence-electron chi connectivity index (χ0n) is 20.9. The molecule has 8 heteroatoms. The van der Waals surface area contributed by atoms with Crippen LogP contribution in [0.3, 0.4) is 0 Å². The second-order valence-corrected chi connectivity index (χ2v) is 9.99. The number of aryl methyl sites for hydroxylation is 2. The predicted molar refractivity (Wildman–Crippen MR) is 139 cm³/mol. The van der Waals surface area contributed by atoms with Gasteiger partial charge in [0.25, 0.3) is 5.91 Å². The van der Waals surface area contributed by atoms with Crippen molar-refractivity contribution in [1.82, 2.24) is 24.7 Å². The van der Waals surface area contributed by atoms with Crippen LogP contribution in [-0.2, 0) is 5.54 Å². The van der Waals surface area contributed by atoms with E-state index in [9.17, 15) is 4.79 Å². The van der Waals surface area contributed by atoms with Crippen LogP contribution in [-0.4, -0.2) is 43.7 Å². The van der Waals surface area contributed by atoms with Gasteiger partial charge < -0.3 is 15.5 Å². The summed E-state index contributed by atoms with van der Waals surface area (Å²) in [5.74, 6) is 0.919. The van der Waals surface area contributed by atoms with Gasteiger partial charge in [-0.25, -0.2) is 4.52 Å². The number of hydrogen-bond donors (Lipinski definition) is 3. The molecule has 2 aromatic heterocycles. The van der Waals surface area contributed by atoms with Crippen molar-refractivity contribution in [2.75, 3.05) is 23.7 Å². The van der Waals surface area contributed by atoms with Gasteiger partial charge in [0.05, 0.1) is 5.54 Å². The molecule has 8 nitrogen and oxygen atoms in total. The molecule has 0 unspecified atom stereocenters. The van der Waals surface area contributed by atoms with Crippen molar-refractivity contribution >= 4 is 28.6 Å². The Morgan fingerprint density at radius 2 is 1.74 bits per heavy atom. The number of nitrogens with zero attached hydrogens (tertiary/aromatic N) is 4. The first-order chi connectivity index (χ1) is 16.8. The summed E-state index contributed by atoms with van der Waals surface area (Å²) in [5.41, 5.74) is 6.05. The van der Waals surface area contributed by atoms with Crippen LogP contribution in [0.15, 0.2) is 48.5 Å². The molecule has 1 amide bonds. The summed E-state index contributed by atoms with van der Waals surface area (Å²) in [6.07, 6.45) is 3.38. The molecule has 1 aliphatic rings. The van der Waals surface area contributed by atoms with Gasteiger partial charge in [-0.1, -0.05) is 12.1 Å². The number of carbonyl (C=O) groups is 1. The molecule has 5 rings (SSSR count). The summed E-state index contributed by atoms with van der Waals surface area (Å²) in [4.78, 5) is 14.9. The van der Waals surface area contributed by atoms with Crippen LogP contribution >= 0.6 is 0 Å². The van der Waals surface area contributed by atoms with Gasteiger partial charge in [0, 0.05) is 47.5 Å². The second-order valence-electron chi connectivity index (χ2n) is 9.99. The van der Waals surface area contributed by atoms with E-state index < -0.39 is 5.54 Å². The molecule has 0 atom stereocenters. The number of carbonyl (C=O) groups excluding carboxylic acids is 1. The zero-order chi connectivity index (χ0) is 24.6. The molecule has 0 aliphatic carbocycles. The van der Waals surface area contributed by atoms with Crippen LogP contribution in [0.4, 0.5) is 17.1 Å². The molecule has 1 aliphatic heterocycles. The van der Waals surface area contributed by atoms with Crippen LogP contribution < -0.4 is 10.6 Å². The van der Waals surface area contributed by atoms with Crippen molar-refractivity contribution in [1.29, 1.82) is 0 Å². The van der Waals surface area contributed by atoms with Crippen molar-refractivity contribution in [3.8, 4) is 0 Å². The first-order valence-electron chi connectivity index (χ1n) is 12.3. The van der Waals surface area contributed by atoms with Gasteiger partial charge in [-0.15, -0.1) is 10.2 Å². The Morgan fingerprint density at radius 3 is 2.54 bits per heavy atom. The van der Waals surface area contributed by atoms with Crippen LogP contribution in [0.1, 0.15) is 60.5 Å². The highest BCUT2D eigenvalue weighted by atomic mass is 16.2. The van der Waals surface area contributed by atoms with Gasteiger partial charge in [-0.05, 0) is 82.9 Å². The van der Waals surface area contributed by atoms with E-state index >= 15 is 0 Å². The van der Waals surface area contributed by atoms with Crippen molar-refractivity contribution in [2.24, 2.45) is 0 Å². The molecular weight excluding hydrogens is 438 g/mol. The minimum absolute atomic E-state index is 0.112. The number of amides is 1. The number of rotatable bonds is 6. The maximum atomic E-state index is 12.9. The normalized spacial score (nSPS) is 14.3. The van der Waals surface area contributed by atoms with E-state index in [1.165, 1.54) is 6.42 Å². The number of anilines is 3. The Morgan fingerprint density at radius 1 is 0.971 bits per heavy atom. The topological polar surface area (TPSA) is 90.3 Å². The Labute approximate surface area is 205 Å². The summed E-state index contributed by atoms with van der Waals surface area (Å²) < 4.78 is 1.92. The fourth-order valence-corrected chi connectivity index (χ4v) is 4.71.